The second-order valence-corrected chi connectivity index (χ2v) is 5.12. The Morgan fingerprint density at radius 3 is 2.23 bits per heavy atom. The third kappa shape index (κ3) is 4.81. The second-order valence-electron chi connectivity index (χ2n) is 3.64. The van der Waals surface area contributed by atoms with Crippen LogP contribution in [0.4, 0.5) is 0 Å². The van der Waals surface area contributed by atoms with Gasteiger partial charge in [-0.05, 0) is 0 Å². The molecule has 1 rings (SSSR count). The Kier molecular flexibility index (Phi) is 9.15. The van der Waals surface area contributed by atoms with Crippen molar-refractivity contribution < 1.29 is 49.5 Å². The van der Waals surface area contributed by atoms with E-state index in [2.05, 4.69) is 26.8 Å². The van der Waals surface area contributed by atoms with E-state index in [0.717, 1.165) is 5.92 Å². The molecule has 0 spiro atoms. The summed E-state index contributed by atoms with van der Waals surface area (Å²) in [5.41, 5.74) is 3.18. The predicted octanol–water partition coefficient (Wildman–Crippen LogP) is -2.81. The van der Waals surface area contributed by atoms with Gasteiger partial charge in [-0.1, -0.05) is 0 Å². The molecule has 0 heterocycles. The van der Waals surface area contributed by atoms with Gasteiger partial charge >= 0.3 is 84.8 Å². The number of rotatable bonds is 2. The average molecular weight is 297 g/mol. The van der Waals surface area contributed by atoms with Crippen LogP contribution in [0.2, 0.25) is 0 Å². The van der Waals surface area contributed by atoms with Crippen molar-refractivity contribution >= 4 is 0 Å². The Balaban J connectivity index is 0. The van der Waals surface area contributed by atoms with Crippen molar-refractivity contribution in [1.82, 2.24) is 0 Å². The van der Waals surface area contributed by atoms with Crippen LogP contribution in [-0.2, 0) is 24.7 Å². The topological polar surface area (TPSA) is 0 Å². The molecule has 0 atom stereocenters. The van der Waals surface area contributed by atoms with E-state index in [9.17, 15) is 0 Å². The third-order valence-corrected chi connectivity index (χ3v) is 3.54. The number of halogens is 2. The SMILES string of the molecule is CC1=[C]([Zr+2])CC=C1CC(C)C.[Cl-].[Cl-]. The summed E-state index contributed by atoms with van der Waals surface area (Å²) < 4.78 is 1.65. The molecule has 0 radical (unpaired) electrons. The maximum Gasteiger partial charge on any atom is -1.00 e. The van der Waals surface area contributed by atoms with Crippen LogP contribution in [0.25, 0.3) is 0 Å². The summed E-state index contributed by atoms with van der Waals surface area (Å²) >= 11 is 1.60. The fraction of sp³-hybridized carbons (Fsp3) is 0.600. The number of hydrogen-bond donors (Lipinski definition) is 0. The Labute approximate surface area is 109 Å². The van der Waals surface area contributed by atoms with Crippen molar-refractivity contribution in [2.24, 2.45) is 5.92 Å². The molecular formula is C10H15Cl2Zr. The third-order valence-electron chi connectivity index (χ3n) is 2.12. The van der Waals surface area contributed by atoms with Crippen LogP contribution in [0.1, 0.15) is 33.6 Å². The van der Waals surface area contributed by atoms with E-state index in [1.807, 2.05) is 0 Å². The summed E-state index contributed by atoms with van der Waals surface area (Å²) in [7, 11) is 0. The van der Waals surface area contributed by atoms with E-state index in [4.69, 9.17) is 0 Å². The minimum absolute atomic E-state index is 0. The van der Waals surface area contributed by atoms with Gasteiger partial charge in [0.25, 0.3) is 0 Å². The molecule has 0 nitrogen and oxygen atoms in total. The quantitative estimate of drug-likeness (QED) is 0.516. The molecule has 0 aromatic carbocycles. The van der Waals surface area contributed by atoms with Crippen LogP contribution in [0.3, 0.4) is 0 Å². The number of hydrogen-bond acceptors (Lipinski definition) is 0. The molecule has 0 aromatic rings. The van der Waals surface area contributed by atoms with Crippen molar-refractivity contribution in [2.75, 3.05) is 0 Å². The minimum Gasteiger partial charge on any atom is -1.00 e. The van der Waals surface area contributed by atoms with Crippen molar-refractivity contribution in [3.8, 4) is 0 Å². The van der Waals surface area contributed by atoms with Crippen molar-refractivity contribution in [3.05, 3.63) is 20.5 Å². The largest absolute Gasteiger partial charge is 1.00 e. The molecule has 73 valence electrons. The van der Waals surface area contributed by atoms with Crippen LogP contribution in [-0.4, -0.2) is 0 Å². The zero-order valence-electron chi connectivity index (χ0n) is 8.32. The standard InChI is InChI=1S/C10H15.2ClH.Zr/c1-8(2)7-10-6-4-5-9(10)3;;;/h6,8H,4,7H2,1-3H3;2*1H;/q;;;+2/p-2. The molecule has 0 fully saturated rings. The fourth-order valence-electron chi connectivity index (χ4n) is 1.40. The van der Waals surface area contributed by atoms with Gasteiger partial charge in [-0.25, -0.2) is 0 Å². The van der Waals surface area contributed by atoms with E-state index in [1.54, 1.807) is 39.1 Å². The summed E-state index contributed by atoms with van der Waals surface area (Å²) in [4.78, 5) is 0. The summed E-state index contributed by atoms with van der Waals surface area (Å²) in [6.45, 7) is 6.84. The zero-order valence-corrected chi connectivity index (χ0v) is 12.3. The van der Waals surface area contributed by atoms with Gasteiger partial charge in [0.1, 0.15) is 0 Å². The maximum absolute atomic E-state index is 2.40. The van der Waals surface area contributed by atoms with Gasteiger partial charge < -0.3 is 24.8 Å². The van der Waals surface area contributed by atoms with Gasteiger partial charge in [-0.15, -0.1) is 0 Å². The average Bonchev–Trinajstić information content (AvgIpc) is 2.18. The van der Waals surface area contributed by atoms with Crippen LogP contribution < -0.4 is 24.8 Å². The Morgan fingerprint density at radius 2 is 1.92 bits per heavy atom. The van der Waals surface area contributed by atoms with Gasteiger partial charge in [-0.2, -0.15) is 0 Å². The Bertz CT molecular complexity index is 217. The smallest absolute Gasteiger partial charge is 1.00 e. The first-order valence-corrected chi connectivity index (χ1v) is 5.45. The van der Waals surface area contributed by atoms with E-state index < -0.39 is 0 Å². The Morgan fingerprint density at radius 1 is 1.38 bits per heavy atom. The molecule has 3 heteroatoms. The normalized spacial score (nSPS) is 15.4. The minimum atomic E-state index is 0. The summed E-state index contributed by atoms with van der Waals surface area (Å²) in [6.07, 6.45) is 4.90. The van der Waals surface area contributed by atoms with Gasteiger partial charge in [0.15, 0.2) is 0 Å². The molecular weight excluding hydrogens is 282 g/mol. The molecule has 0 saturated heterocycles. The summed E-state index contributed by atoms with van der Waals surface area (Å²) in [6, 6.07) is 0. The molecule has 1 aliphatic rings. The van der Waals surface area contributed by atoms with Crippen molar-refractivity contribution in [1.29, 1.82) is 0 Å². The fourth-order valence-corrected chi connectivity index (χ4v) is 2.05. The van der Waals surface area contributed by atoms with E-state index in [0.29, 0.717) is 0 Å². The summed E-state index contributed by atoms with van der Waals surface area (Å²) in [5, 5.41) is 0. The molecule has 0 bridgehead atoms. The second kappa shape index (κ2) is 7.26. The van der Waals surface area contributed by atoms with Crippen LogP contribution in [0.15, 0.2) is 20.5 Å². The maximum atomic E-state index is 2.40. The van der Waals surface area contributed by atoms with E-state index in [1.165, 1.54) is 12.8 Å². The molecule has 0 aliphatic heterocycles. The van der Waals surface area contributed by atoms with E-state index >= 15 is 0 Å². The van der Waals surface area contributed by atoms with Gasteiger partial charge in [0, 0.05) is 0 Å². The van der Waals surface area contributed by atoms with Crippen LogP contribution in [0.5, 0.6) is 0 Å². The zero-order chi connectivity index (χ0) is 8.43. The van der Waals surface area contributed by atoms with Gasteiger partial charge in [0.2, 0.25) is 0 Å². The molecule has 13 heavy (non-hydrogen) atoms. The summed E-state index contributed by atoms with van der Waals surface area (Å²) in [5.74, 6) is 0.804. The predicted molar refractivity (Wildman–Crippen MR) is 44.9 cm³/mol. The number of allylic oxidation sites excluding steroid dienone is 4. The monoisotopic (exact) mass is 295 g/mol. The van der Waals surface area contributed by atoms with Crippen molar-refractivity contribution in [2.45, 2.75) is 33.6 Å². The first-order valence-electron chi connectivity index (χ1n) is 4.22. The van der Waals surface area contributed by atoms with E-state index in [-0.39, 0.29) is 24.8 Å². The molecule has 0 unspecified atom stereocenters. The molecule has 0 N–H and O–H groups in total. The Hall–Kier alpha value is 0.943. The van der Waals surface area contributed by atoms with Gasteiger partial charge in [-0.3, -0.25) is 0 Å². The molecule has 0 saturated carbocycles. The first kappa shape index (κ1) is 16.4. The van der Waals surface area contributed by atoms with Gasteiger partial charge in [0.05, 0.1) is 0 Å². The van der Waals surface area contributed by atoms with Crippen LogP contribution in [0, 0.1) is 5.92 Å². The molecule has 1 aliphatic carbocycles. The molecule has 0 amide bonds. The first-order chi connectivity index (χ1) is 5.11. The van der Waals surface area contributed by atoms with Crippen molar-refractivity contribution in [3.63, 3.8) is 0 Å². The molecule has 0 aromatic heterocycles. The van der Waals surface area contributed by atoms with Crippen LogP contribution >= 0.6 is 0 Å².